The van der Waals surface area contributed by atoms with E-state index in [1.54, 1.807) is 6.07 Å². The highest BCUT2D eigenvalue weighted by molar-refractivity contribution is 6.31. The smallest absolute Gasteiger partial charge is 0.279 e. The predicted octanol–water partition coefficient (Wildman–Crippen LogP) is 2.79. The number of hydrogen-bond acceptors (Lipinski definition) is 2. The zero-order chi connectivity index (χ0) is 11.5. The summed E-state index contributed by atoms with van der Waals surface area (Å²) in [5, 5.41) is -0.00667. The largest absolute Gasteiger partial charge is 0.496 e. The monoisotopic (exact) mass is 235 g/mol. The summed E-state index contributed by atoms with van der Waals surface area (Å²) >= 11 is 5.73. The van der Waals surface area contributed by atoms with Crippen molar-refractivity contribution >= 4 is 11.6 Å². The van der Waals surface area contributed by atoms with Crippen LogP contribution in [0, 0.1) is 0 Å². The molecule has 2 N–H and O–H groups in total. The van der Waals surface area contributed by atoms with E-state index in [1.807, 2.05) is 0 Å². The third kappa shape index (κ3) is 2.58. The molecule has 0 amide bonds. The van der Waals surface area contributed by atoms with Crippen molar-refractivity contribution < 1.29 is 13.5 Å². The Bertz CT molecular complexity index is 344. The normalized spacial score (nSPS) is 11.5. The molecule has 0 fully saturated rings. The van der Waals surface area contributed by atoms with Crippen LogP contribution in [0.3, 0.4) is 0 Å². The van der Waals surface area contributed by atoms with Crippen molar-refractivity contribution in [3.63, 3.8) is 0 Å². The molecule has 1 aromatic rings. The Hall–Kier alpha value is -0.870. The predicted molar refractivity (Wildman–Crippen MR) is 55.6 cm³/mol. The number of hydrogen-bond donors (Lipinski definition) is 1. The number of nitrogens with two attached hydrogens (primary N) is 1. The van der Waals surface area contributed by atoms with Gasteiger partial charge in [0.05, 0.1) is 17.7 Å². The molecular weight excluding hydrogens is 224 g/mol. The Balaban J connectivity index is 3.21. The molecule has 1 aromatic carbocycles. The molecule has 0 heterocycles. The minimum Gasteiger partial charge on any atom is -0.496 e. The molecule has 0 aromatic heterocycles. The molecule has 0 aliphatic heterocycles. The molecule has 0 bridgehead atoms. The second-order valence-electron chi connectivity index (χ2n) is 3.06. The standard InChI is InChI=1S/C10H12ClF2NO/c1-15-8-4-2-3-7(11)9(8)10(12,13)5-6-14/h2-4H,5-6,14H2,1H3. The average Bonchev–Trinajstić information content (AvgIpc) is 2.16. The minimum atomic E-state index is -3.06. The van der Waals surface area contributed by atoms with Crippen LogP contribution in [-0.2, 0) is 5.92 Å². The van der Waals surface area contributed by atoms with Gasteiger partial charge in [0.1, 0.15) is 5.75 Å². The molecule has 2 nitrogen and oxygen atoms in total. The van der Waals surface area contributed by atoms with E-state index in [4.69, 9.17) is 22.1 Å². The van der Waals surface area contributed by atoms with Gasteiger partial charge in [0.15, 0.2) is 0 Å². The number of benzene rings is 1. The number of methoxy groups -OCH3 is 1. The van der Waals surface area contributed by atoms with Gasteiger partial charge in [-0.25, -0.2) is 8.78 Å². The van der Waals surface area contributed by atoms with Gasteiger partial charge in [-0.3, -0.25) is 0 Å². The third-order valence-corrected chi connectivity index (χ3v) is 2.33. The molecule has 1 rings (SSSR count). The van der Waals surface area contributed by atoms with Crippen molar-refractivity contribution in [2.24, 2.45) is 5.73 Å². The highest BCUT2D eigenvalue weighted by Crippen LogP contribution is 2.41. The zero-order valence-corrected chi connectivity index (χ0v) is 9.02. The van der Waals surface area contributed by atoms with Crippen LogP contribution >= 0.6 is 11.6 Å². The minimum absolute atomic E-state index is 0.00667. The number of alkyl halides is 2. The Labute approximate surface area is 92.0 Å². The topological polar surface area (TPSA) is 35.2 Å². The number of ether oxygens (including phenoxy) is 1. The summed E-state index contributed by atoms with van der Waals surface area (Å²) in [4.78, 5) is 0. The molecular formula is C10H12ClF2NO. The van der Waals surface area contributed by atoms with Gasteiger partial charge in [-0.1, -0.05) is 17.7 Å². The van der Waals surface area contributed by atoms with E-state index in [1.165, 1.54) is 19.2 Å². The van der Waals surface area contributed by atoms with Crippen LogP contribution in [0.25, 0.3) is 0 Å². The van der Waals surface area contributed by atoms with Gasteiger partial charge >= 0.3 is 0 Å². The average molecular weight is 236 g/mol. The van der Waals surface area contributed by atoms with E-state index in [2.05, 4.69) is 0 Å². The second-order valence-corrected chi connectivity index (χ2v) is 3.47. The SMILES string of the molecule is COc1cccc(Cl)c1C(F)(F)CCN. The second kappa shape index (κ2) is 4.77. The lowest BCUT2D eigenvalue weighted by Gasteiger charge is -2.19. The molecule has 0 saturated carbocycles. The molecule has 5 heteroatoms. The molecule has 0 aliphatic carbocycles. The molecule has 84 valence electrons. The Morgan fingerprint density at radius 3 is 2.67 bits per heavy atom. The summed E-state index contributed by atoms with van der Waals surface area (Å²) in [6.45, 7) is -0.110. The highest BCUT2D eigenvalue weighted by Gasteiger charge is 2.35. The van der Waals surface area contributed by atoms with Gasteiger partial charge in [-0.15, -0.1) is 0 Å². The Morgan fingerprint density at radius 1 is 1.47 bits per heavy atom. The van der Waals surface area contributed by atoms with E-state index >= 15 is 0 Å². The van der Waals surface area contributed by atoms with E-state index in [0.717, 1.165) is 0 Å². The molecule has 0 spiro atoms. The van der Waals surface area contributed by atoms with E-state index < -0.39 is 12.3 Å². The van der Waals surface area contributed by atoms with Crippen molar-refractivity contribution in [1.82, 2.24) is 0 Å². The van der Waals surface area contributed by atoms with Crippen LogP contribution in [0.2, 0.25) is 5.02 Å². The summed E-state index contributed by atoms with van der Waals surface area (Å²) in [6.07, 6.45) is -0.451. The zero-order valence-electron chi connectivity index (χ0n) is 8.27. The fourth-order valence-electron chi connectivity index (χ4n) is 1.34. The highest BCUT2D eigenvalue weighted by atomic mass is 35.5. The molecule has 0 aliphatic rings. The maximum absolute atomic E-state index is 13.6. The van der Waals surface area contributed by atoms with E-state index in [9.17, 15) is 8.78 Å². The van der Waals surface area contributed by atoms with Gasteiger partial charge in [-0.2, -0.15) is 0 Å². The first-order valence-corrected chi connectivity index (χ1v) is 4.81. The van der Waals surface area contributed by atoms with Crippen molar-refractivity contribution in [2.75, 3.05) is 13.7 Å². The molecule has 15 heavy (non-hydrogen) atoms. The number of halogens is 3. The first-order valence-electron chi connectivity index (χ1n) is 4.44. The van der Waals surface area contributed by atoms with Crippen molar-refractivity contribution in [2.45, 2.75) is 12.3 Å². The van der Waals surface area contributed by atoms with E-state index in [0.29, 0.717) is 0 Å². The third-order valence-electron chi connectivity index (χ3n) is 2.02. The first-order chi connectivity index (χ1) is 7.03. The quantitative estimate of drug-likeness (QED) is 0.871. The van der Waals surface area contributed by atoms with Gasteiger partial charge in [0, 0.05) is 6.42 Å². The fraction of sp³-hybridized carbons (Fsp3) is 0.400. The maximum Gasteiger partial charge on any atom is 0.279 e. The summed E-state index contributed by atoms with van der Waals surface area (Å²) in [7, 11) is 1.33. The summed E-state index contributed by atoms with van der Waals surface area (Å²) in [5.41, 5.74) is 4.84. The van der Waals surface area contributed by atoms with Crippen molar-refractivity contribution in [3.05, 3.63) is 28.8 Å². The fourth-order valence-corrected chi connectivity index (χ4v) is 1.64. The van der Waals surface area contributed by atoms with Crippen LogP contribution in [-0.4, -0.2) is 13.7 Å². The van der Waals surface area contributed by atoms with Gasteiger partial charge < -0.3 is 10.5 Å². The molecule has 0 unspecified atom stereocenters. The van der Waals surface area contributed by atoms with Gasteiger partial charge in [0.25, 0.3) is 5.92 Å². The van der Waals surface area contributed by atoms with Crippen LogP contribution in [0.5, 0.6) is 5.75 Å². The van der Waals surface area contributed by atoms with Crippen LogP contribution < -0.4 is 10.5 Å². The summed E-state index contributed by atoms with van der Waals surface area (Å²) in [6, 6.07) is 4.42. The van der Waals surface area contributed by atoms with Crippen LogP contribution in [0.4, 0.5) is 8.78 Å². The summed E-state index contributed by atoms with van der Waals surface area (Å²) in [5.74, 6) is -2.97. The molecule has 0 atom stereocenters. The Morgan fingerprint density at radius 2 is 2.13 bits per heavy atom. The first kappa shape index (κ1) is 12.2. The molecule has 0 radical (unpaired) electrons. The lowest BCUT2D eigenvalue weighted by Crippen LogP contribution is -2.20. The van der Waals surface area contributed by atoms with E-state index in [-0.39, 0.29) is 22.9 Å². The van der Waals surface area contributed by atoms with Crippen molar-refractivity contribution in [1.29, 1.82) is 0 Å². The lowest BCUT2D eigenvalue weighted by molar-refractivity contribution is -0.0126. The Kier molecular flexibility index (Phi) is 3.88. The van der Waals surface area contributed by atoms with Gasteiger partial charge in [0.2, 0.25) is 0 Å². The van der Waals surface area contributed by atoms with Gasteiger partial charge in [-0.05, 0) is 18.7 Å². The van der Waals surface area contributed by atoms with Crippen molar-refractivity contribution in [3.8, 4) is 5.75 Å². The lowest BCUT2D eigenvalue weighted by atomic mass is 10.0. The number of rotatable bonds is 4. The maximum atomic E-state index is 13.6. The summed E-state index contributed by atoms with van der Waals surface area (Å²) < 4.78 is 32.1. The molecule has 0 saturated heterocycles. The van der Waals surface area contributed by atoms with Crippen LogP contribution in [0.15, 0.2) is 18.2 Å². The van der Waals surface area contributed by atoms with Crippen LogP contribution in [0.1, 0.15) is 12.0 Å².